The molecule has 0 aliphatic carbocycles. The molecule has 0 spiro atoms. The van der Waals surface area contributed by atoms with Crippen LogP contribution in [0.15, 0.2) is 18.2 Å². The summed E-state index contributed by atoms with van der Waals surface area (Å²) in [4.78, 5) is 24.1. The van der Waals surface area contributed by atoms with Crippen LogP contribution in [-0.4, -0.2) is 11.8 Å². The second-order valence-corrected chi connectivity index (χ2v) is 3.83. The van der Waals surface area contributed by atoms with Crippen LogP contribution in [0.1, 0.15) is 18.4 Å². The highest BCUT2D eigenvalue weighted by Crippen LogP contribution is 2.28. The summed E-state index contributed by atoms with van der Waals surface area (Å²) >= 11 is 5.79. The van der Waals surface area contributed by atoms with Crippen molar-refractivity contribution in [2.45, 2.75) is 12.8 Å². The SMILES string of the molecule is N#Cc1ccc(Cl)cc1N1C(=O)CCC1=O. The average Bonchev–Trinajstić information content (AvgIpc) is 2.58. The highest BCUT2D eigenvalue weighted by molar-refractivity contribution is 6.31. The maximum absolute atomic E-state index is 11.5. The van der Waals surface area contributed by atoms with Crippen molar-refractivity contribution in [3.63, 3.8) is 0 Å². The van der Waals surface area contributed by atoms with Crippen LogP contribution >= 0.6 is 11.6 Å². The molecule has 0 radical (unpaired) electrons. The minimum absolute atomic E-state index is 0.191. The van der Waals surface area contributed by atoms with E-state index in [0.29, 0.717) is 5.02 Å². The first-order valence-electron chi connectivity index (χ1n) is 4.69. The van der Waals surface area contributed by atoms with Crippen LogP contribution in [0.5, 0.6) is 0 Å². The molecule has 2 amide bonds. The Morgan fingerprint density at radius 3 is 2.44 bits per heavy atom. The molecule has 16 heavy (non-hydrogen) atoms. The molecule has 0 aromatic heterocycles. The van der Waals surface area contributed by atoms with Crippen LogP contribution < -0.4 is 4.90 Å². The lowest BCUT2D eigenvalue weighted by Gasteiger charge is -2.15. The first kappa shape index (κ1) is 10.7. The van der Waals surface area contributed by atoms with Gasteiger partial charge in [0.05, 0.1) is 11.3 Å². The number of hydrogen-bond acceptors (Lipinski definition) is 3. The minimum atomic E-state index is -0.288. The second kappa shape index (κ2) is 3.95. The average molecular weight is 235 g/mol. The van der Waals surface area contributed by atoms with Crippen molar-refractivity contribution in [3.05, 3.63) is 28.8 Å². The van der Waals surface area contributed by atoms with E-state index in [-0.39, 0.29) is 35.9 Å². The lowest BCUT2D eigenvalue weighted by atomic mass is 10.2. The van der Waals surface area contributed by atoms with Crippen molar-refractivity contribution in [3.8, 4) is 6.07 Å². The summed E-state index contributed by atoms with van der Waals surface area (Å²) in [6, 6.07) is 6.44. The topological polar surface area (TPSA) is 61.2 Å². The molecule has 80 valence electrons. The van der Waals surface area contributed by atoms with E-state index in [1.54, 1.807) is 6.07 Å². The number of nitrogens with zero attached hydrogens (tertiary/aromatic N) is 2. The van der Waals surface area contributed by atoms with E-state index >= 15 is 0 Å². The van der Waals surface area contributed by atoms with Crippen molar-refractivity contribution in [2.75, 3.05) is 4.90 Å². The summed E-state index contributed by atoms with van der Waals surface area (Å²) in [5.41, 5.74) is 0.551. The Labute approximate surface area is 97.0 Å². The van der Waals surface area contributed by atoms with E-state index in [0.717, 1.165) is 4.90 Å². The van der Waals surface area contributed by atoms with Gasteiger partial charge in [0.1, 0.15) is 6.07 Å². The van der Waals surface area contributed by atoms with Gasteiger partial charge in [0, 0.05) is 17.9 Å². The van der Waals surface area contributed by atoms with Gasteiger partial charge in [-0.15, -0.1) is 0 Å². The maximum Gasteiger partial charge on any atom is 0.234 e. The van der Waals surface area contributed by atoms with Crippen LogP contribution in [0.2, 0.25) is 5.02 Å². The number of nitriles is 1. The molecular formula is C11H7ClN2O2. The molecule has 0 unspecified atom stereocenters. The number of hydrogen-bond donors (Lipinski definition) is 0. The van der Waals surface area contributed by atoms with Crippen LogP contribution in [-0.2, 0) is 9.59 Å². The second-order valence-electron chi connectivity index (χ2n) is 3.40. The molecule has 5 heteroatoms. The zero-order chi connectivity index (χ0) is 11.7. The van der Waals surface area contributed by atoms with Gasteiger partial charge < -0.3 is 0 Å². The van der Waals surface area contributed by atoms with Crippen LogP contribution in [0.3, 0.4) is 0 Å². The molecule has 4 nitrogen and oxygen atoms in total. The Morgan fingerprint density at radius 1 is 1.25 bits per heavy atom. The standard InChI is InChI=1S/C11H7ClN2O2/c12-8-2-1-7(6-13)9(5-8)14-10(15)3-4-11(14)16/h1-2,5H,3-4H2. The number of rotatable bonds is 1. The Hall–Kier alpha value is -1.86. The van der Waals surface area contributed by atoms with E-state index in [9.17, 15) is 9.59 Å². The fourth-order valence-corrected chi connectivity index (χ4v) is 1.80. The van der Waals surface area contributed by atoms with Crippen molar-refractivity contribution < 1.29 is 9.59 Å². The maximum atomic E-state index is 11.5. The van der Waals surface area contributed by atoms with Crippen LogP contribution in [0, 0.1) is 11.3 Å². The molecule has 1 aliphatic rings. The highest BCUT2D eigenvalue weighted by Gasteiger charge is 2.31. The van der Waals surface area contributed by atoms with Gasteiger partial charge >= 0.3 is 0 Å². The third kappa shape index (κ3) is 1.66. The number of carbonyl (C=O) groups excluding carboxylic acids is 2. The molecule has 0 bridgehead atoms. The Bertz CT molecular complexity index is 503. The molecular weight excluding hydrogens is 228 g/mol. The molecule has 0 N–H and O–H groups in total. The van der Waals surface area contributed by atoms with Crippen LogP contribution in [0.4, 0.5) is 5.69 Å². The molecule has 0 saturated carbocycles. The van der Waals surface area contributed by atoms with Gasteiger partial charge in [0.25, 0.3) is 0 Å². The number of benzene rings is 1. The smallest absolute Gasteiger partial charge is 0.234 e. The van der Waals surface area contributed by atoms with E-state index in [1.807, 2.05) is 6.07 Å². The molecule has 0 atom stereocenters. The highest BCUT2D eigenvalue weighted by atomic mass is 35.5. The van der Waals surface area contributed by atoms with Crippen molar-refractivity contribution >= 4 is 29.1 Å². The van der Waals surface area contributed by atoms with Crippen LogP contribution in [0.25, 0.3) is 0 Å². The van der Waals surface area contributed by atoms with Gasteiger partial charge in [-0.2, -0.15) is 5.26 Å². The molecule has 1 heterocycles. The van der Waals surface area contributed by atoms with E-state index in [1.165, 1.54) is 12.1 Å². The van der Waals surface area contributed by atoms with Gasteiger partial charge in [-0.25, -0.2) is 4.90 Å². The lowest BCUT2D eigenvalue weighted by molar-refractivity contribution is -0.121. The predicted octanol–water partition coefficient (Wildman–Crippen LogP) is 1.87. The largest absolute Gasteiger partial charge is 0.274 e. The Kier molecular flexibility index (Phi) is 2.63. The summed E-state index contributed by atoms with van der Waals surface area (Å²) in [6.45, 7) is 0. The first-order chi connectivity index (χ1) is 7.63. The van der Waals surface area contributed by atoms with Crippen molar-refractivity contribution in [2.24, 2.45) is 0 Å². The normalized spacial score (nSPS) is 15.4. The zero-order valence-corrected chi connectivity index (χ0v) is 8.99. The number of anilines is 1. The van der Waals surface area contributed by atoms with Crippen molar-refractivity contribution in [1.82, 2.24) is 0 Å². The molecule has 1 aromatic rings. The minimum Gasteiger partial charge on any atom is -0.274 e. The first-order valence-corrected chi connectivity index (χ1v) is 5.06. The van der Waals surface area contributed by atoms with Gasteiger partial charge in [-0.3, -0.25) is 9.59 Å². The van der Waals surface area contributed by atoms with Gasteiger partial charge in [-0.1, -0.05) is 11.6 Å². The summed E-state index contributed by atoms with van der Waals surface area (Å²) < 4.78 is 0. The van der Waals surface area contributed by atoms with E-state index < -0.39 is 0 Å². The number of halogens is 1. The van der Waals surface area contributed by atoms with Gasteiger partial charge in [-0.05, 0) is 18.2 Å². The lowest BCUT2D eigenvalue weighted by Crippen LogP contribution is -2.29. The summed E-state index contributed by atoms with van der Waals surface area (Å²) in [7, 11) is 0. The molecule has 1 aromatic carbocycles. The number of amides is 2. The van der Waals surface area contributed by atoms with Gasteiger partial charge in [0.15, 0.2) is 0 Å². The quantitative estimate of drug-likeness (QED) is 0.697. The third-order valence-electron chi connectivity index (χ3n) is 2.37. The molecule has 1 aliphatic heterocycles. The van der Waals surface area contributed by atoms with E-state index in [2.05, 4.69) is 0 Å². The molecule has 1 fully saturated rings. The number of imide groups is 1. The zero-order valence-electron chi connectivity index (χ0n) is 8.24. The predicted molar refractivity (Wildman–Crippen MR) is 57.9 cm³/mol. The van der Waals surface area contributed by atoms with Gasteiger partial charge in [0.2, 0.25) is 11.8 Å². The number of carbonyl (C=O) groups is 2. The summed E-state index contributed by atoms with van der Waals surface area (Å²) in [5, 5.41) is 9.29. The third-order valence-corrected chi connectivity index (χ3v) is 2.61. The Balaban J connectivity index is 2.55. The fourth-order valence-electron chi connectivity index (χ4n) is 1.63. The summed E-state index contributed by atoms with van der Waals surface area (Å²) in [5.74, 6) is -0.576. The van der Waals surface area contributed by atoms with Crippen molar-refractivity contribution in [1.29, 1.82) is 5.26 Å². The monoisotopic (exact) mass is 234 g/mol. The summed E-state index contributed by atoms with van der Waals surface area (Å²) in [6.07, 6.45) is 0.381. The van der Waals surface area contributed by atoms with E-state index in [4.69, 9.17) is 16.9 Å². The fraction of sp³-hybridized carbons (Fsp3) is 0.182. The molecule has 2 rings (SSSR count). The Morgan fingerprint density at radius 2 is 1.88 bits per heavy atom. The molecule has 1 saturated heterocycles.